The molecule has 2 N–H and O–H groups in total. The number of nitrogens with one attached hydrogen (secondary N) is 1. The van der Waals surface area contributed by atoms with Gasteiger partial charge < -0.3 is 10.4 Å². The fraction of sp³-hybridized carbons (Fsp3) is 0.538. The van der Waals surface area contributed by atoms with Gasteiger partial charge in [-0.3, -0.25) is 0 Å². The molecule has 1 unspecified atom stereocenters. The predicted octanol–water partition coefficient (Wildman–Crippen LogP) is 2.34. The highest BCUT2D eigenvalue weighted by molar-refractivity contribution is 5.33. The lowest BCUT2D eigenvalue weighted by Gasteiger charge is -2.19. The van der Waals surface area contributed by atoms with E-state index in [-0.39, 0.29) is 12.6 Å². The standard InChI is InChI=1S/C13H21NO/c1-4-7-14-13(9-15)12-8-10(2)5-6-11(12)3/h5-6,8,13-15H,4,7,9H2,1-3H3. The second-order valence-electron chi connectivity index (χ2n) is 4.05. The molecule has 0 aromatic heterocycles. The highest BCUT2D eigenvalue weighted by Gasteiger charge is 2.11. The predicted molar refractivity (Wildman–Crippen MR) is 64.0 cm³/mol. The molecule has 0 heterocycles. The van der Waals surface area contributed by atoms with Gasteiger partial charge in [-0.15, -0.1) is 0 Å². The van der Waals surface area contributed by atoms with Crippen molar-refractivity contribution in [1.29, 1.82) is 0 Å². The Morgan fingerprint density at radius 2 is 2.07 bits per heavy atom. The van der Waals surface area contributed by atoms with E-state index in [1.807, 2.05) is 0 Å². The van der Waals surface area contributed by atoms with Gasteiger partial charge in [-0.25, -0.2) is 0 Å². The van der Waals surface area contributed by atoms with Crippen LogP contribution in [-0.4, -0.2) is 18.3 Å². The van der Waals surface area contributed by atoms with Crippen molar-refractivity contribution in [2.75, 3.05) is 13.2 Å². The van der Waals surface area contributed by atoms with E-state index in [2.05, 4.69) is 44.3 Å². The van der Waals surface area contributed by atoms with E-state index in [1.54, 1.807) is 0 Å². The van der Waals surface area contributed by atoms with E-state index in [0.29, 0.717) is 0 Å². The average Bonchev–Trinajstić information content (AvgIpc) is 2.24. The highest BCUT2D eigenvalue weighted by Crippen LogP contribution is 2.18. The number of hydrogen-bond donors (Lipinski definition) is 2. The van der Waals surface area contributed by atoms with Crippen molar-refractivity contribution in [3.8, 4) is 0 Å². The zero-order chi connectivity index (χ0) is 11.3. The first-order chi connectivity index (χ1) is 7.19. The zero-order valence-corrected chi connectivity index (χ0v) is 9.88. The minimum Gasteiger partial charge on any atom is -0.394 e. The Bertz CT molecular complexity index is 309. The summed E-state index contributed by atoms with van der Waals surface area (Å²) in [6.45, 7) is 7.40. The summed E-state index contributed by atoms with van der Waals surface area (Å²) in [6.07, 6.45) is 1.08. The van der Waals surface area contributed by atoms with Crippen molar-refractivity contribution < 1.29 is 5.11 Å². The molecule has 0 saturated carbocycles. The number of aliphatic hydroxyl groups excluding tert-OH is 1. The Kier molecular flexibility index (Phi) is 4.79. The first-order valence-electron chi connectivity index (χ1n) is 5.60. The van der Waals surface area contributed by atoms with Crippen LogP contribution in [0.15, 0.2) is 18.2 Å². The Labute approximate surface area is 92.3 Å². The molecular weight excluding hydrogens is 186 g/mol. The third kappa shape index (κ3) is 3.33. The van der Waals surface area contributed by atoms with Gasteiger partial charge in [0.25, 0.3) is 0 Å². The van der Waals surface area contributed by atoms with E-state index in [4.69, 9.17) is 0 Å². The van der Waals surface area contributed by atoms with E-state index in [0.717, 1.165) is 13.0 Å². The van der Waals surface area contributed by atoms with Crippen LogP contribution in [0, 0.1) is 13.8 Å². The lowest BCUT2D eigenvalue weighted by Crippen LogP contribution is -2.25. The molecule has 0 spiro atoms. The summed E-state index contributed by atoms with van der Waals surface area (Å²) >= 11 is 0. The maximum Gasteiger partial charge on any atom is 0.0626 e. The first-order valence-corrected chi connectivity index (χ1v) is 5.60. The van der Waals surface area contributed by atoms with Crippen LogP contribution in [0.4, 0.5) is 0 Å². The van der Waals surface area contributed by atoms with Gasteiger partial charge in [0.05, 0.1) is 12.6 Å². The molecule has 1 aromatic carbocycles. The monoisotopic (exact) mass is 207 g/mol. The van der Waals surface area contributed by atoms with Crippen molar-refractivity contribution in [2.24, 2.45) is 0 Å². The molecule has 84 valence electrons. The van der Waals surface area contributed by atoms with Crippen LogP contribution >= 0.6 is 0 Å². The summed E-state index contributed by atoms with van der Waals surface area (Å²) < 4.78 is 0. The molecule has 0 saturated heterocycles. The number of aryl methyl sites for hydroxylation is 2. The molecule has 15 heavy (non-hydrogen) atoms. The molecule has 1 rings (SSSR count). The molecule has 0 fully saturated rings. The zero-order valence-electron chi connectivity index (χ0n) is 9.88. The van der Waals surface area contributed by atoms with Gasteiger partial charge >= 0.3 is 0 Å². The Balaban J connectivity index is 2.85. The fourth-order valence-corrected chi connectivity index (χ4v) is 1.73. The van der Waals surface area contributed by atoms with Crippen molar-refractivity contribution in [3.63, 3.8) is 0 Å². The Hall–Kier alpha value is -0.860. The van der Waals surface area contributed by atoms with Gasteiger partial charge in [-0.05, 0) is 37.9 Å². The van der Waals surface area contributed by atoms with Crippen LogP contribution in [0.5, 0.6) is 0 Å². The highest BCUT2D eigenvalue weighted by atomic mass is 16.3. The molecule has 2 nitrogen and oxygen atoms in total. The maximum absolute atomic E-state index is 9.36. The summed E-state index contributed by atoms with van der Waals surface area (Å²) in [5.41, 5.74) is 3.70. The topological polar surface area (TPSA) is 32.3 Å². The van der Waals surface area contributed by atoms with Crippen LogP contribution in [0.3, 0.4) is 0 Å². The van der Waals surface area contributed by atoms with Crippen molar-refractivity contribution in [3.05, 3.63) is 34.9 Å². The molecule has 0 radical (unpaired) electrons. The van der Waals surface area contributed by atoms with Crippen molar-refractivity contribution in [2.45, 2.75) is 33.2 Å². The lowest BCUT2D eigenvalue weighted by atomic mass is 9.99. The van der Waals surface area contributed by atoms with Crippen molar-refractivity contribution >= 4 is 0 Å². The molecule has 0 bridgehead atoms. The van der Waals surface area contributed by atoms with E-state index >= 15 is 0 Å². The number of rotatable bonds is 5. The molecule has 0 aliphatic heterocycles. The van der Waals surface area contributed by atoms with Crippen LogP contribution in [0.2, 0.25) is 0 Å². The smallest absolute Gasteiger partial charge is 0.0626 e. The van der Waals surface area contributed by atoms with Gasteiger partial charge in [-0.2, -0.15) is 0 Å². The molecule has 1 aromatic rings. The average molecular weight is 207 g/mol. The third-order valence-corrected chi connectivity index (χ3v) is 2.63. The second kappa shape index (κ2) is 5.89. The van der Waals surface area contributed by atoms with Gasteiger partial charge in [0.15, 0.2) is 0 Å². The largest absolute Gasteiger partial charge is 0.394 e. The normalized spacial score (nSPS) is 12.8. The Morgan fingerprint density at radius 1 is 1.33 bits per heavy atom. The number of aliphatic hydroxyl groups is 1. The van der Waals surface area contributed by atoms with Gasteiger partial charge in [-0.1, -0.05) is 30.7 Å². The fourth-order valence-electron chi connectivity index (χ4n) is 1.73. The van der Waals surface area contributed by atoms with Crippen LogP contribution in [-0.2, 0) is 0 Å². The van der Waals surface area contributed by atoms with E-state index < -0.39 is 0 Å². The summed E-state index contributed by atoms with van der Waals surface area (Å²) in [4.78, 5) is 0. The van der Waals surface area contributed by atoms with E-state index in [9.17, 15) is 5.11 Å². The molecule has 2 heteroatoms. The second-order valence-corrected chi connectivity index (χ2v) is 4.05. The SMILES string of the molecule is CCCNC(CO)c1cc(C)ccc1C. The molecule has 0 aliphatic carbocycles. The minimum absolute atomic E-state index is 0.0739. The quantitative estimate of drug-likeness (QED) is 0.776. The first kappa shape index (κ1) is 12.2. The van der Waals surface area contributed by atoms with Crippen LogP contribution < -0.4 is 5.32 Å². The molecule has 0 amide bonds. The molecule has 0 aliphatic rings. The molecular formula is C13H21NO. The summed E-state index contributed by atoms with van der Waals surface area (Å²) in [6, 6.07) is 6.44. The number of benzene rings is 1. The summed E-state index contributed by atoms with van der Waals surface area (Å²) in [7, 11) is 0. The van der Waals surface area contributed by atoms with Gasteiger partial charge in [0.1, 0.15) is 0 Å². The van der Waals surface area contributed by atoms with Crippen LogP contribution in [0.1, 0.15) is 36.1 Å². The van der Waals surface area contributed by atoms with Gasteiger partial charge in [0, 0.05) is 0 Å². The van der Waals surface area contributed by atoms with Crippen LogP contribution in [0.25, 0.3) is 0 Å². The summed E-state index contributed by atoms with van der Waals surface area (Å²) in [5.74, 6) is 0. The molecule has 1 atom stereocenters. The lowest BCUT2D eigenvalue weighted by molar-refractivity contribution is 0.244. The maximum atomic E-state index is 9.36. The third-order valence-electron chi connectivity index (χ3n) is 2.63. The van der Waals surface area contributed by atoms with E-state index in [1.165, 1.54) is 16.7 Å². The number of hydrogen-bond acceptors (Lipinski definition) is 2. The summed E-state index contributed by atoms with van der Waals surface area (Å²) in [5, 5.41) is 12.7. The Morgan fingerprint density at radius 3 is 2.67 bits per heavy atom. The minimum atomic E-state index is 0.0739. The van der Waals surface area contributed by atoms with Crippen molar-refractivity contribution in [1.82, 2.24) is 5.32 Å². The van der Waals surface area contributed by atoms with Gasteiger partial charge in [0.2, 0.25) is 0 Å².